The van der Waals surface area contributed by atoms with Gasteiger partial charge in [-0.3, -0.25) is 14.7 Å². The standard InChI is InChI=1S/C22H26N8O2/c1-4-13-9-29(21(32)22(2,3)12-23)11-17(13)28-19-16(20(24)31)8-27-30-10-14(5-18(19)30)15-6-25-26-7-15/h5-8,10,13,17,28H,4,9,11H2,1-3H3,(H2,24,31)(H,25,26)/t13-,17+/m0/s1. The summed E-state index contributed by atoms with van der Waals surface area (Å²) < 4.78 is 1.69. The first-order chi connectivity index (χ1) is 15.2. The second kappa shape index (κ2) is 8.00. The molecule has 0 unspecified atom stereocenters. The van der Waals surface area contributed by atoms with Gasteiger partial charge in [-0.25, -0.2) is 4.52 Å². The van der Waals surface area contributed by atoms with Crippen LogP contribution in [0.25, 0.3) is 16.6 Å². The molecule has 1 saturated heterocycles. The Kier molecular flexibility index (Phi) is 5.34. The van der Waals surface area contributed by atoms with Gasteiger partial charge in [-0.1, -0.05) is 6.92 Å². The molecule has 0 radical (unpaired) electrons. The SMILES string of the molecule is CC[C@H]1CN(C(=O)C(C)(C)C#N)C[C@H]1Nc1c(C(N)=O)cnn2cc(-c3cn[nH]c3)cc12. The number of likely N-dealkylation sites (tertiary alicyclic amines) is 1. The molecule has 0 spiro atoms. The molecule has 2 atom stereocenters. The molecule has 2 amide bonds. The number of aromatic nitrogens is 4. The summed E-state index contributed by atoms with van der Waals surface area (Å²) >= 11 is 0. The van der Waals surface area contributed by atoms with Crippen LogP contribution in [0.1, 0.15) is 37.6 Å². The number of rotatable bonds is 6. The number of anilines is 1. The fraction of sp³-hybridized carbons (Fsp3) is 0.409. The van der Waals surface area contributed by atoms with Gasteiger partial charge < -0.3 is 16.0 Å². The Hall–Kier alpha value is -3.87. The van der Waals surface area contributed by atoms with E-state index >= 15 is 0 Å². The van der Waals surface area contributed by atoms with E-state index in [-0.39, 0.29) is 23.4 Å². The molecule has 0 bridgehead atoms. The van der Waals surface area contributed by atoms with Gasteiger partial charge in [0.05, 0.1) is 35.2 Å². The van der Waals surface area contributed by atoms with Crippen molar-refractivity contribution in [2.75, 3.05) is 18.4 Å². The summed E-state index contributed by atoms with van der Waals surface area (Å²) in [6.07, 6.45) is 7.63. The van der Waals surface area contributed by atoms with E-state index in [9.17, 15) is 14.9 Å². The van der Waals surface area contributed by atoms with Crippen LogP contribution >= 0.6 is 0 Å². The van der Waals surface area contributed by atoms with Crippen molar-refractivity contribution in [2.45, 2.75) is 33.2 Å². The number of carbonyl (C=O) groups excluding carboxylic acids is 2. The van der Waals surface area contributed by atoms with Crippen LogP contribution in [-0.2, 0) is 4.79 Å². The van der Waals surface area contributed by atoms with E-state index in [2.05, 4.69) is 33.6 Å². The number of nitriles is 1. The van der Waals surface area contributed by atoms with Crippen molar-refractivity contribution in [2.24, 2.45) is 17.1 Å². The minimum absolute atomic E-state index is 0.102. The van der Waals surface area contributed by atoms with Gasteiger partial charge in [0.2, 0.25) is 5.91 Å². The van der Waals surface area contributed by atoms with Gasteiger partial charge in [-0.05, 0) is 32.3 Å². The number of nitrogens with two attached hydrogens (primary N) is 1. The first kappa shape index (κ1) is 21.4. The maximum Gasteiger partial charge on any atom is 0.252 e. The van der Waals surface area contributed by atoms with Crippen LogP contribution in [-0.4, -0.2) is 55.7 Å². The molecule has 32 heavy (non-hydrogen) atoms. The molecule has 10 nitrogen and oxygen atoms in total. The summed E-state index contributed by atoms with van der Waals surface area (Å²) in [5.74, 6) is -0.619. The van der Waals surface area contributed by atoms with Crippen molar-refractivity contribution in [3.63, 3.8) is 0 Å². The molecule has 3 aromatic heterocycles. The molecule has 4 N–H and O–H groups in total. The molecule has 166 valence electrons. The Labute approximate surface area is 185 Å². The quantitative estimate of drug-likeness (QED) is 0.541. The predicted molar refractivity (Wildman–Crippen MR) is 118 cm³/mol. The number of hydrogen-bond acceptors (Lipinski definition) is 6. The van der Waals surface area contributed by atoms with Gasteiger partial charge in [0.15, 0.2) is 0 Å². The molecule has 1 fully saturated rings. The highest BCUT2D eigenvalue weighted by atomic mass is 16.2. The average Bonchev–Trinajstić information content (AvgIpc) is 3.51. The summed E-state index contributed by atoms with van der Waals surface area (Å²) in [5, 5.41) is 24.0. The van der Waals surface area contributed by atoms with Gasteiger partial charge >= 0.3 is 0 Å². The summed E-state index contributed by atoms with van der Waals surface area (Å²) in [7, 11) is 0. The molecule has 0 aliphatic carbocycles. The normalized spacial score (nSPS) is 18.6. The molecule has 4 heterocycles. The van der Waals surface area contributed by atoms with Crippen molar-refractivity contribution in [1.29, 1.82) is 5.26 Å². The zero-order valence-electron chi connectivity index (χ0n) is 18.3. The van der Waals surface area contributed by atoms with Crippen LogP contribution in [0.2, 0.25) is 0 Å². The smallest absolute Gasteiger partial charge is 0.252 e. The van der Waals surface area contributed by atoms with Crippen LogP contribution in [0.5, 0.6) is 0 Å². The number of aromatic amines is 1. The molecule has 1 aliphatic rings. The first-order valence-corrected chi connectivity index (χ1v) is 10.5. The molecular formula is C22H26N8O2. The van der Waals surface area contributed by atoms with E-state index in [4.69, 9.17) is 5.73 Å². The van der Waals surface area contributed by atoms with Crippen molar-refractivity contribution in [3.8, 4) is 17.2 Å². The predicted octanol–water partition coefficient (Wildman–Crippen LogP) is 2.02. The zero-order chi connectivity index (χ0) is 23.0. The summed E-state index contributed by atoms with van der Waals surface area (Å²) in [4.78, 5) is 26.8. The third kappa shape index (κ3) is 3.66. The number of amides is 2. The molecule has 4 rings (SSSR count). The Morgan fingerprint density at radius 3 is 2.75 bits per heavy atom. The second-order valence-electron chi connectivity index (χ2n) is 8.71. The van der Waals surface area contributed by atoms with E-state index in [1.54, 1.807) is 35.7 Å². The first-order valence-electron chi connectivity index (χ1n) is 10.5. The van der Waals surface area contributed by atoms with E-state index in [1.165, 1.54) is 6.20 Å². The number of primary amides is 1. The van der Waals surface area contributed by atoms with Crippen LogP contribution in [0, 0.1) is 22.7 Å². The van der Waals surface area contributed by atoms with Gasteiger partial charge in [-0.2, -0.15) is 15.5 Å². The average molecular weight is 435 g/mol. The summed E-state index contributed by atoms with van der Waals surface area (Å²) in [6, 6.07) is 3.91. The maximum atomic E-state index is 12.9. The topological polar surface area (TPSA) is 145 Å². The minimum Gasteiger partial charge on any atom is -0.378 e. The van der Waals surface area contributed by atoms with Crippen molar-refractivity contribution in [1.82, 2.24) is 24.7 Å². The summed E-state index contributed by atoms with van der Waals surface area (Å²) in [5.41, 5.74) is 7.92. The largest absolute Gasteiger partial charge is 0.378 e. The Balaban J connectivity index is 1.71. The Morgan fingerprint density at radius 2 is 2.12 bits per heavy atom. The van der Waals surface area contributed by atoms with Crippen molar-refractivity contribution >= 4 is 23.0 Å². The number of hydrogen-bond donors (Lipinski definition) is 3. The third-order valence-electron chi connectivity index (χ3n) is 6.13. The lowest BCUT2D eigenvalue weighted by atomic mass is 9.94. The summed E-state index contributed by atoms with van der Waals surface area (Å²) in [6.45, 7) is 6.31. The van der Waals surface area contributed by atoms with Crippen molar-refractivity contribution < 1.29 is 9.59 Å². The fourth-order valence-electron chi connectivity index (χ4n) is 4.20. The monoisotopic (exact) mass is 434 g/mol. The van der Waals surface area contributed by atoms with Crippen LogP contribution in [0.15, 0.2) is 30.9 Å². The number of H-pyrrole nitrogens is 1. The highest BCUT2D eigenvalue weighted by molar-refractivity contribution is 6.02. The van der Waals surface area contributed by atoms with Crippen LogP contribution in [0.3, 0.4) is 0 Å². The lowest BCUT2D eigenvalue weighted by Crippen LogP contribution is -2.40. The molecule has 1 aliphatic heterocycles. The van der Waals surface area contributed by atoms with Crippen LogP contribution in [0.4, 0.5) is 5.69 Å². The zero-order valence-corrected chi connectivity index (χ0v) is 18.3. The maximum absolute atomic E-state index is 12.9. The minimum atomic E-state index is -1.09. The Morgan fingerprint density at radius 1 is 1.34 bits per heavy atom. The second-order valence-corrected chi connectivity index (χ2v) is 8.71. The van der Waals surface area contributed by atoms with E-state index < -0.39 is 11.3 Å². The molecule has 0 aromatic carbocycles. The molecule has 10 heteroatoms. The number of fused-ring (bicyclic) bond motifs is 1. The van der Waals surface area contributed by atoms with Crippen LogP contribution < -0.4 is 11.1 Å². The number of carbonyl (C=O) groups is 2. The molecule has 0 saturated carbocycles. The van der Waals surface area contributed by atoms with E-state index in [0.717, 1.165) is 17.5 Å². The molecule has 3 aromatic rings. The Bertz CT molecular complexity index is 1200. The number of nitrogens with zero attached hydrogens (tertiary/aromatic N) is 5. The highest BCUT2D eigenvalue weighted by Crippen LogP contribution is 2.32. The lowest BCUT2D eigenvalue weighted by Gasteiger charge is -2.24. The number of nitrogens with one attached hydrogen (secondary N) is 2. The molecular weight excluding hydrogens is 408 g/mol. The van der Waals surface area contributed by atoms with Crippen molar-refractivity contribution in [3.05, 3.63) is 36.4 Å². The van der Waals surface area contributed by atoms with E-state index in [0.29, 0.717) is 24.3 Å². The fourth-order valence-corrected chi connectivity index (χ4v) is 4.20. The van der Waals surface area contributed by atoms with Gasteiger partial charge in [0.25, 0.3) is 5.91 Å². The van der Waals surface area contributed by atoms with E-state index in [1.807, 2.05) is 12.3 Å². The van der Waals surface area contributed by atoms with Gasteiger partial charge in [-0.15, -0.1) is 0 Å². The highest BCUT2D eigenvalue weighted by Gasteiger charge is 2.40. The van der Waals surface area contributed by atoms with Gasteiger partial charge in [0, 0.05) is 42.7 Å². The lowest BCUT2D eigenvalue weighted by molar-refractivity contribution is -0.136. The van der Waals surface area contributed by atoms with Gasteiger partial charge in [0.1, 0.15) is 5.41 Å². The third-order valence-corrected chi connectivity index (χ3v) is 6.13.